The van der Waals surface area contributed by atoms with E-state index in [1.807, 2.05) is 19.1 Å². The van der Waals surface area contributed by atoms with Gasteiger partial charge < -0.3 is 10.1 Å². The predicted octanol–water partition coefficient (Wildman–Crippen LogP) is 2.07. The molecule has 14 heavy (non-hydrogen) atoms. The first-order valence-corrected chi connectivity index (χ1v) is 4.72. The van der Waals surface area contributed by atoms with Crippen LogP contribution in [0, 0.1) is 0 Å². The Labute approximate surface area is 83.7 Å². The van der Waals surface area contributed by atoms with E-state index in [0.717, 1.165) is 12.3 Å². The summed E-state index contributed by atoms with van der Waals surface area (Å²) in [5.74, 6) is 0.237. The molecule has 1 aliphatic heterocycles. The van der Waals surface area contributed by atoms with E-state index in [9.17, 15) is 0 Å². The van der Waals surface area contributed by atoms with E-state index >= 15 is 0 Å². The van der Waals surface area contributed by atoms with Gasteiger partial charge >= 0.3 is 0 Å². The number of likely N-dealkylation sites (N-methyl/N-ethyl adjacent to an activating group) is 1. The second kappa shape index (κ2) is 3.33. The molecule has 1 unspecified atom stereocenters. The van der Waals surface area contributed by atoms with Crippen molar-refractivity contribution in [3.05, 3.63) is 29.8 Å². The number of hydrogen-bond acceptors (Lipinski definition) is 3. The van der Waals surface area contributed by atoms with E-state index in [-0.39, 0.29) is 5.92 Å². The second-order valence-corrected chi connectivity index (χ2v) is 3.73. The van der Waals surface area contributed by atoms with E-state index < -0.39 is 0 Å². The van der Waals surface area contributed by atoms with Crippen molar-refractivity contribution in [2.45, 2.75) is 12.8 Å². The number of benzene rings is 1. The van der Waals surface area contributed by atoms with Gasteiger partial charge in [0, 0.05) is 25.2 Å². The predicted molar refractivity (Wildman–Crippen MR) is 57.3 cm³/mol. The van der Waals surface area contributed by atoms with Crippen LogP contribution >= 0.6 is 0 Å². The van der Waals surface area contributed by atoms with Crippen LogP contribution in [0.2, 0.25) is 0 Å². The molecule has 1 atom stereocenters. The van der Waals surface area contributed by atoms with Crippen molar-refractivity contribution in [2.75, 3.05) is 18.5 Å². The zero-order chi connectivity index (χ0) is 10.1. The van der Waals surface area contributed by atoms with Gasteiger partial charge in [-0.25, -0.2) is 0 Å². The number of anilines is 1. The molecule has 2 rings (SSSR count). The third kappa shape index (κ3) is 1.25. The smallest absolute Gasteiger partial charge is 0.0633 e. The summed E-state index contributed by atoms with van der Waals surface area (Å²) < 4.78 is 0. The molecule has 1 aromatic rings. The lowest BCUT2D eigenvalue weighted by Gasteiger charge is -2.11. The summed E-state index contributed by atoms with van der Waals surface area (Å²) in [6.45, 7) is 2.76. The standard InChI is InChI=1S/C11H14N2O/c1-8(12-14)10-7-13(2)11-6-4-3-5-9(10)11/h3-6,10,14H,7H2,1-2H3/b12-8+. The van der Waals surface area contributed by atoms with Gasteiger partial charge in [0.2, 0.25) is 0 Å². The average molecular weight is 190 g/mol. The van der Waals surface area contributed by atoms with E-state index in [4.69, 9.17) is 5.21 Å². The zero-order valence-corrected chi connectivity index (χ0v) is 8.44. The second-order valence-electron chi connectivity index (χ2n) is 3.73. The normalized spacial score (nSPS) is 21.1. The molecule has 3 heteroatoms. The van der Waals surface area contributed by atoms with Gasteiger partial charge in [0.25, 0.3) is 0 Å². The van der Waals surface area contributed by atoms with Crippen molar-refractivity contribution < 1.29 is 5.21 Å². The third-order valence-corrected chi connectivity index (χ3v) is 2.84. The van der Waals surface area contributed by atoms with Crippen LogP contribution in [0.3, 0.4) is 0 Å². The van der Waals surface area contributed by atoms with E-state index in [0.29, 0.717) is 0 Å². The molecule has 0 saturated carbocycles. The molecule has 1 aromatic carbocycles. The summed E-state index contributed by atoms with van der Waals surface area (Å²) in [4.78, 5) is 2.19. The van der Waals surface area contributed by atoms with Gasteiger partial charge in [-0.05, 0) is 18.6 Å². The zero-order valence-electron chi connectivity index (χ0n) is 8.44. The van der Waals surface area contributed by atoms with Gasteiger partial charge in [-0.1, -0.05) is 23.4 Å². The van der Waals surface area contributed by atoms with E-state index in [1.165, 1.54) is 11.3 Å². The van der Waals surface area contributed by atoms with Gasteiger partial charge in [0.15, 0.2) is 0 Å². The summed E-state index contributed by atoms with van der Waals surface area (Å²) in [7, 11) is 2.06. The third-order valence-electron chi connectivity index (χ3n) is 2.84. The highest BCUT2D eigenvalue weighted by Crippen LogP contribution is 2.35. The first-order chi connectivity index (χ1) is 6.74. The van der Waals surface area contributed by atoms with Crippen LogP contribution in [0.25, 0.3) is 0 Å². The Kier molecular flexibility index (Phi) is 2.15. The van der Waals surface area contributed by atoms with Crippen LogP contribution in [0.15, 0.2) is 29.4 Å². The van der Waals surface area contributed by atoms with Crippen LogP contribution in [0.5, 0.6) is 0 Å². The van der Waals surface area contributed by atoms with E-state index in [2.05, 4.69) is 29.2 Å². The van der Waals surface area contributed by atoms with Gasteiger partial charge in [-0.15, -0.1) is 0 Å². The summed E-state index contributed by atoms with van der Waals surface area (Å²) in [5, 5.41) is 12.1. The molecule has 0 amide bonds. The minimum absolute atomic E-state index is 0.237. The molecule has 0 aliphatic carbocycles. The highest BCUT2D eigenvalue weighted by atomic mass is 16.4. The average Bonchev–Trinajstić information content (AvgIpc) is 2.56. The molecule has 0 radical (unpaired) electrons. The number of hydrogen-bond donors (Lipinski definition) is 1. The molecule has 1 N–H and O–H groups in total. The van der Waals surface area contributed by atoms with Gasteiger partial charge in [0.05, 0.1) is 5.71 Å². The van der Waals surface area contributed by atoms with Gasteiger partial charge in [-0.3, -0.25) is 0 Å². The highest BCUT2D eigenvalue weighted by Gasteiger charge is 2.27. The van der Waals surface area contributed by atoms with Gasteiger partial charge in [-0.2, -0.15) is 0 Å². The minimum Gasteiger partial charge on any atom is -0.411 e. The lowest BCUT2D eigenvalue weighted by atomic mass is 9.97. The minimum atomic E-state index is 0.237. The molecule has 0 spiro atoms. The maximum absolute atomic E-state index is 8.78. The monoisotopic (exact) mass is 190 g/mol. The molecular formula is C11H14N2O. The summed E-state index contributed by atoms with van der Waals surface area (Å²) in [6.07, 6.45) is 0. The maximum atomic E-state index is 8.78. The molecule has 1 aliphatic rings. The number of oxime groups is 1. The first-order valence-electron chi connectivity index (χ1n) is 4.72. The fourth-order valence-electron chi connectivity index (χ4n) is 2.03. The largest absolute Gasteiger partial charge is 0.411 e. The van der Waals surface area contributed by atoms with Crippen molar-refractivity contribution in [1.29, 1.82) is 0 Å². The lowest BCUT2D eigenvalue weighted by Crippen LogP contribution is -2.18. The Hall–Kier alpha value is -1.51. The molecular weight excluding hydrogens is 176 g/mol. The van der Waals surface area contributed by atoms with Crippen LogP contribution in [-0.4, -0.2) is 24.5 Å². The lowest BCUT2D eigenvalue weighted by molar-refractivity contribution is 0.316. The fraction of sp³-hybridized carbons (Fsp3) is 0.364. The van der Waals surface area contributed by atoms with Crippen molar-refractivity contribution >= 4 is 11.4 Å². The number of nitrogens with zero attached hydrogens (tertiary/aromatic N) is 2. The molecule has 1 heterocycles. The van der Waals surface area contributed by atoms with Gasteiger partial charge in [0.1, 0.15) is 0 Å². The molecule has 0 fully saturated rings. The Morgan fingerprint density at radius 2 is 2.21 bits per heavy atom. The summed E-state index contributed by atoms with van der Waals surface area (Å²) >= 11 is 0. The maximum Gasteiger partial charge on any atom is 0.0633 e. The Morgan fingerprint density at radius 3 is 2.93 bits per heavy atom. The summed E-state index contributed by atoms with van der Waals surface area (Å²) in [5.41, 5.74) is 3.27. The number of fused-ring (bicyclic) bond motifs is 1. The van der Waals surface area contributed by atoms with Crippen LogP contribution in [0.4, 0.5) is 5.69 Å². The van der Waals surface area contributed by atoms with Crippen LogP contribution in [0.1, 0.15) is 18.4 Å². The SMILES string of the molecule is C/C(=N\O)C1CN(C)c2ccccc21. The van der Waals surface area contributed by atoms with E-state index in [1.54, 1.807) is 0 Å². The Morgan fingerprint density at radius 1 is 1.50 bits per heavy atom. The van der Waals surface area contributed by atoms with Crippen molar-refractivity contribution in [2.24, 2.45) is 5.16 Å². The topological polar surface area (TPSA) is 35.8 Å². The molecule has 74 valence electrons. The molecule has 0 bridgehead atoms. The van der Waals surface area contributed by atoms with Crippen molar-refractivity contribution in [1.82, 2.24) is 0 Å². The van der Waals surface area contributed by atoms with Crippen molar-refractivity contribution in [3.8, 4) is 0 Å². The fourth-order valence-corrected chi connectivity index (χ4v) is 2.03. The highest BCUT2D eigenvalue weighted by molar-refractivity contribution is 5.92. The Bertz CT molecular complexity index is 373. The number of para-hydroxylation sites is 1. The Balaban J connectivity index is 2.44. The first kappa shape index (κ1) is 9.06. The summed E-state index contributed by atoms with van der Waals surface area (Å²) in [6, 6.07) is 8.25. The quantitative estimate of drug-likeness (QED) is 0.418. The molecule has 0 aromatic heterocycles. The number of rotatable bonds is 1. The van der Waals surface area contributed by atoms with Crippen LogP contribution in [-0.2, 0) is 0 Å². The van der Waals surface area contributed by atoms with Crippen LogP contribution < -0.4 is 4.90 Å². The van der Waals surface area contributed by atoms with Crippen molar-refractivity contribution in [3.63, 3.8) is 0 Å². The molecule has 0 saturated heterocycles. The molecule has 3 nitrogen and oxygen atoms in total.